The molecule has 0 N–H and O–H groups in total. The molecule has 0 aliphatic rings. The minimum Gasteiger partial charge on any atom is -0.460 e. The number of esters is 1. The van der Waals surface area contributed by atoms with Crippen molar-refractivity contribution in [1.29, 1.82) is 0 Å². The third-order valence-electron chi connectivity index (χ3n) is 3.21. The van der Waals surface area contributed by atoms with Gasteiger partial charge >= 0.3 is 5.97 Å². The highest BCUT2D eigenvalue weighted by Crippen LogP contribution is 2.29. The SMILES string of the molecule is CC(=O)OC/C(=C(\Cl)c1ccc(Br)cc1)S(=O)c1ccc(C)cc1. The lowest BCUT2D eigenvalue weighted by atomic mass is 10.2. The first-order chi connectivity index (χ1) is 11.4. The molecule has 3 nitrogen and oxygen atoms in total. The molecule has 0 spiro atoms. The summed E-state index contributed by atoms with van der Waals surface area (Å²) in [4.78, 5) is 12.1. The molecule has 2 rings (SSSR count). The van der Waals surface area contributed by atoms with Crippen molar-refractivity contribution in [3.63, 3.8) is 0 Å². The second-order valence-corrected chi connectivity index (χ2v) is 7.90. The first kappa shape index (κ1) is 18.9. The lowest BCUT2D eigenvalue weighted by Gasteiger charge is -2.12. The number of halogens is 2. The van der Waals surface area contributed by atoms with E-state index in [1.54, 1.807) is 12.1 Å². The average molecular weight is 428 g/mol. The van der Waals surface area contributed by atoms with Crippen LogP contribution >= 0.6 is 27.5 Å². The second-order valence-electron chi connectivity index (χ2n) is 5.11. The van der Waals surface area contributed by atoms with Gasteiger partial charge < -0.3 is 4.74 Å². The van der Waals surface area contributed by atoms with Crippen LogP contribution in [0.1, 0.15) is 18.1 Å². The van der Waals surface area contributed by atoms with Gasteiger partial charge in [-0.15, -0.1) is 0 Å². The van der Waals surface area contributed by atoms with E-state index in [9.17, 15) is 9.00 Å². The summed E-state index contributed by atoms with van der Waals surface area (Å²) in [6.07, 6.45) is 0. The molecule has 0 saturated carbocycles. The predicted octanol–water partition coefficient (Wildman–Crippen LogP) is 5.04. The molecule has 126 valence electrons. The third-order valence-corrected chi connectivity index (χ3v) is 5.76. The lowest BCUT2D eigenvalue weighted by molar-refractivity contribution is -0.139. The Morgan fingerprint density at radius 2 is 1.71 bits per heavy atom. The highest BCUT2D eigenvalue weighted by molar-refractivity contribution is 9.10. The van der Waals surface area contributed by atoms with Crippen LogP contribution in [0.4, 0.5) is 0 Å². The van der Waals surface area contributed by atoms with Gasteiger partial charge in [-0.05, 0) is 36.8 Å². The molecule has 24 heavy (non-hydrogen) atoms. The van der Waals surface area contributed by atoms with Gasteiger partial charge in [0.2, 0.25) is 0 Å². The molecule has 0 fully saturated rings. The Balaban J connectivity index is 2.44. The molecular weight excluding hydrogens is 412 g/mol. The highest BCUT2D eigenvalue weighted by Gasteiger charge is 2.18. The van der Waals surface area contributed by atoms with Crippen molar-refractivity contribution in [1.82, 2.24) is 0 Å². The monoisotopic (exact) mass is 426 g/mol. The summed E-state index contributed by atoms with van der Waals surface area (Å²) in [6, 6.07) is 14.6. The maximum atomic E-state index is 12.9. The van der Waals surface area contributed by atoms with Crippen molar-refractivity contribution in [2.24, 2.45) is 0 Å². The van der Waals surface area contributed by atoms with E-state index in [1.807, 2.05) is 43.3 Å². The van der Waals surface area contributed by atoms with Crippen LogP contribution in [0.15, 0.2) is 62.8 Å². The van der Waals surface area contributed by atoms with Gasteiger partial charge in [-0.1, -0.05) is 57.4 Å². The van der Waals surface area contributed by atoms with Gasteiger partial charge in [-0.3, -0.25) is 4.79 Å². The zero-order valence-corrected chi connectivity index (χ0v) is 16.4. The molecule has 0 amide bonds. The van der Waals surface area contributed by atoms with Crippen LogP contribution in [0.2, 0.25) is 0 Å². The Morgan fingerprint density at radius 3 is 2.25 bits per heavy atom. The number of carbonyl (C=O) groups excluding carboxylic acids is 1. The van der Waals surface area contributed by atoms with Crippen LogP contribution in [0, 0.1) is 6.92 Å². The first-order valence-electron chi connectivity index (χ1n) is 7.15. The van der Waals surface area contributed by atoms with Crippen molar-refractivity contribution in [3.05, 3.63) is 69.0 Å². The summed E-state index contributed by atoms with van der Waals surface area (Å²) < 4.78 is 18.9. The Labute approximate surface area is 157 Å². The number of rotatable bonds is 5. The zero-order valence-electron chi connectivity index (χ0n) is 13.2. The van der Waals surface area contributed by atoms with Gasteiger partial charge in [0.05, 0.1) is 20.7 Å². The number of aryl methyl sites for hydroxylation is 1. The molecule has 0 aromatic heterocycles. The summed E-state index contributed by atoms with van der Waals surface area (Å²) in [7, 11) is -1.52. The van der Waals surface area contributed by atoms with Crippen LogP contribution < -0.4 is 0 Å². The normalized spacial score (nSPS) is 13.2. The van der Waals surface area contributed by atoms with Gasteiger partial charge in [-0.2, -0.15) is 0 Å². The van der Waals surface area contributed by atoms with Gasteiger partial charge in [0.15, 0.2) is 0 Å². The molecule has 2 aromatic carbocycles. The number of benzene rings is 2. The van der Waals surface area contributed by atoms with E-state index in [-0.39, 0.29) is 6.61 Å². The van der Waals surface area contributed by atoms with Gasteiger partial charge in [0.1, 0.15) is 6.61 Å². The predicted molar refractivity (Wildman–Crippen MR) is 101 cm³/mol. The number of ether oxygens (including phenoxy) is 1. The molecule has 0 aliphatic carbocycles. The quantitative estimate of drug-likeness (QED) is 0.628. The Bertz CT molecular complexity index is 783. The molecule has 6 heteroatoms. The Morgan fingerprint density at radius 1 is 1.12 bits per heavy atom. The molecular formula is C18H16BrClO3S. The van der Waals surface area contributed by atoms with E-state index >= 15 is 0 Å². The lowest BCUT2D eigenvalue weighted by Crippen LogP contribution is -2.09. The van der Waals surface area contributed by atoms with Crippen molar-refractivity contribution in [3.8, 4) is 0 Å². The largest absolute Gasteiger partial charge is 0.460 e. The fraction of sp³-hybridized carbons (Fsp3) is 0.167. The fourth-order valence-corrected chi connectivity index (χ4v) is 3.70. The number of carbonyl (C=O) groups is 1. The summed E-state index contributed by atoms with van der Waals surface area (Å²) in [5.74, 6) is -0.450. The fourth-order valence-electron chi connectivity index (χ4n) is 1.93. The van der Waals surface area contributed by atoms with Gasteiger partial charge in [0, 0.05) is 16.3 Å². The van der Waals surface area contributed by atoms with E-state index < -0.39 is 16.8 Å². The third kappa shape index (κ3) is 5.03. The summed E-state index contributed by atoms with van der Waals surface area (Å²) in [6.45, 7) is 3.14. The smallest absolute Gasteiger partial charge is 0.302 e. The molecule has 0 saturated heterocycles. The first-order valence-corrected chi connectivity index (χ1v) is 9.47. The molecule has 2 aromatic rings. The maximum Gasteiger partial charge on any atom is 0.302 e. The molecule has 0 aliphatic heterocycles. The van der Waals surface area contributed by atoms with Crippen LogP contribution in [-0.4, -0.2) is 16.8 Å². The van der Waals surface area contributed by atoms with Crippen molar-refractivity contribution >= 4 is 49.3 Å². The van der Waals surface area contributed by atoms with Crippen LogP contribution in [0.3, 0.4) is 0 Å². The van der Waals surface area contributed by atoms with Crippen molar-refractivity contribution in [2.45, 2.75) is 18.7 Å². The molecule has 1 unspecified atom stereocenters. The van der Waals surface area contributed by atoms with Crippen LogP contribution in [0.5, 0.6) is 0 Å². The van der Waals surface area contributed by atoms with E-state index in [4.69, 9.17) is 16.3 Å². The summed E-state index contributed by atoms with van der Waals surface area (Å²) >= 11 is 9.83. The molecule has 0 bridgehead atoms. The van der Waals surface area contributed by atoms with Gasteiger partial charge in [-0.25, -0.2) is 4.21 Å². The maximum absolute atomic E-state index is 12.9. The van der Waals surface area contributed by atoms with E-state index in [0.717, 1.165) is 10.0 Å². The Kier molecular flexibility index (Phi) is 6.78. The minimum absolute atomic E-state index is 0.120. The standard InChI is InChI=1S/C18H16BrClO3S/c1-12-3-9-16(10-4-12)24(22)17(11-23-13(2)21)18(20)14-5-7-15(19)8-6-14/h3-10H,11H2,1-2H3/b18-17+. The van der Waals surface area contributed by atoms with E-state index in [0.29, 0.717) is 20.4 Å². The number of hydrogen-bond acceptors (Lipinski definition) is 3. The minimum atomic E-state index is -1.52. The van der Waals surface area contributed by atoms with Crippen LogP contribution in [0.25, 0.3) is 5.03 Å². The van der Waals surface area contributed by atoms with E-state index in [1.165, 1.54) is 6.92 Å². The highest BCUT2D eigenvalue weighted by atomic mass is 79.9. The molecule has 0 heterocycles. The van der Waals surface area contributed by atoms with E-state index in [2.05, 4.69) is 15.9 Å². The van der Waals surface area contributed by atoms with Crippen molar-refractivity contribution < 1.29 is 13.7 Å². The number of hydrogen-bond donors (Lipinski definition) is 0. The Hall–Kier alpha value is -1.43. The molecule has 0 radical (unpaired) electrons. The molecule has 1 atom stereocenters. The van der Waals surface area contributed by atoms with Gasteiger partial charge in [0.25, 0.3) is 0 Å². The zero-order chi connectivity index (χ0) is 17.7. The topological polar surface area (TPSA) is 43.4 Å². The summed E-state index contributed by atoms with van der Waals surface area (Å²) in [5, 5.41) is 0.322. The second kappa shape index (κ2) is 8.60. The average Bonchev–Trinajstić information content (AvgIpc) is 2.55. The van der Waals surface area contributed by atoms with Crippen molar-refractivity contribution in [2.75, 3.05) is 6.61 Å². The van der Waals surface area contributed by atoms with Crippen LogP contribution in [-0.2, 0) is 20.3 Å². The summed E-state index contributed by atoms with van der Waals surface area (Å²) in [5.41, 5.74) is 1.78.